The second-order valence-corrected chi connectivity index (χ2v) is 7.05. The molecule has 0 fully saturated rings. The Labute approximate surface area is 179 Å². The Hall–Kier alpha value is -4.14. The summed E-state index contributed by atoms with van der Waals surface area (Å²) < 4.78 is 12.8. The molecule has 0 atom stereocenters. The van der Waals surface area contributed by atoms with Gasteiger partial charge in [-0.05, 0) is 43.7 Å². The number of methoxy groups -OCH3 is 1. The third kappa shape index (κ3) is 3.50. The van der Waals surface area contributed by atoms with E-state index in [1.165, 1.54) is 0 Å². The Kier molecular flexibility index (Phi) is 5.16. The average molecular weight is 419 g/mol. The standard InChI is InChI=1S/C22H25N7O2/c1-4-31-14-8-9-15(16(11-14)30-3)29-20(24)17-18(21(29)25)22(28-27-19(17)23)26-13-7-5-6-12(2)10-13/h5-11H,4,24-25H2,1-3H3,(H2,23,27)(H,26,28). The number of aryl methyl sites for hydroxylation is 1. The van der Waals surface area contributed by atoms with E-state index in [9.17, 15) is 0 Å². The second-order valence-electron chi connectivity index (χ2n) is 7.05. The number of ether oxygens (including phenoxy) is 2. The van der Waals surface area contributed by atoms with Crippen LogP contribution in [0.4, 0.5) is 29.0 Å². The minimum Gasteiger partial charge on any atom is -0.494 e. The highest BCUT2D eigenvalue weighted by Crippen LogP contribution is 2.42. The topological polar surface area (TPSA) is 139 Å². The summed E-state index contributed by atoms with van der Waals surface area (Å²) in [5.74, 6) is 2.60. The Balaban J connectivity index is 1.92. The van der Waals surface area contributed by atoms with Crippen molar-refractivity contribution in [2.45, 2.75) is 13.8 Å². The molecule has 4 aromatic rings. The van der Waals surface area contributed by atoms with Gasteiger partial charge >= 0.3 is 0 Å². The lowest BCUT2D eigenvalue weighted by Gasteiger charge is -2.14. The van der Waals surface area contributed by atoms with Crippen LogP contribution in [0.3, 0.4) is 0 Å². The molecule has 0 unspecified atom stereocenters. The molecule has 0 radical (unpaired) electrons. The predicted octanol–water partition coefficient (Wildman–Crippen LogP) is 3.63. The van der Waals surface area contributed by atoms with E-state index in [0.29, 0.717) is 52.0 Å². The Morgan fingerprint density at radius 3 is 2.48 bits per heavy atom. The van der Waals surface area contributed by atoms with Crippen LogP contribution in [-0.4, -0.2) is 28.5 Å². The zero-order valence-electron chi connectivity index (χ0n) is 17.6. The summed E-state index contributed by atoms with van der Waals surface area (Å²) in [5, 5.41) is 12.7. The summed E-state index contributed by atoms with van der Waals surface area (Å²) in [6.45, 7) is 4.47. The van der Waals surface area contributed by atoms with Crippen LogP contribution in [0.25, 0.3) is 16.5 Å². The van der Waals surface area contributed by atoms with E-state index in [-0.39, 0.29) is 5.82 Å². The van der Waals surface area contributed by atoms with Crippen LogP contribution in [0.1, 0.15) is 12.5 Å². The van der Waals surface area contributed by atoms with E-state index >= 15 is 0 Å². The van der Waals surface area contributed by atoms with Gasteiger partial charge in [0.25, 0.3) is 0 Å². The van der Waals surface area contributed by atoms with Crippen LogP contribution in [0.2, 0.25) is 0 Å². The summed E-state index contributed by atoms with van der Waals surface area (Å²) in [6.07, 6.45) is 0. The highest BCUT2D eigenvalue weighted by molar-refractivity contribution is 6.12. The maximum atomic E-state index is 6.58. The van der Waals surface area contributed by atoms with Crippen molar-refractivity contribution in [1.82, 2.24) is 14.8 Å². The van der Waals surface area contributed by atoms with E-state index in [1.54, 1.807) is 17.7 Å². The maximum absolute atomic E-state index is 6.58. The van der Waals surface area contributed by atoms with E-state index < -0.39 is 0 Å². The second kappa shape index (κ2) is 7.94. The number of nitrogen functional groups attached to an aromatic ring is 3. The number of nitrogens with two attached hydrogens (primary N) is 3. The Morgan fingerprint density at radius 2 is 1.77 bits per heavy atom. The largest absolute Gasteiger partial charge is 0.494 e. The molecule has 2 aromatic heterocycles. The smallest absolute Gasteiger partial charge is 0.164 e. The summed E-state index contributed by atoms with van der Waals surface area (Å²) >= 11 is 0. The van der Waals surface area contributed by atoms with Crippen LogP contribution >= 0.6 is 0 Å². The van der Waals surface area contributed by atoms with Gasteiger partial charge in [-0.15, -0.1) is 10.2 Å². The summed E-state index contributed by atoms with van der Waals surface area (Å²) in [6, 6.07) is 13.3. The molecule has 7 N–H and O–H groups in total. The van der Waals surface area contributed by atoms with Gasteiger partial charge in [-0.3, -0.25) is 4.57 Å². The lowest BCUT2D eigenvalue weighted by Crippen LogP contribution is -2.06. The van der Waals surface area contributed by atoms with Gasteiger partial charge in [-0.1, -0.05) is 12.1 Å². The van der Waals surface area contributed by atoms with E-state index in [2.05, 4.69) is 15.5 Å². The van der Waals surface area contributed by atoms with Crippen molar-refractivity contribution in [3.8, 4) is 17.2 Å². The van der Waals surface area contributed by atoms with Gasteiger partial charge in [-0.2, -0.15) is 0 Å². The fraction of sp³-hybridized carbons (Fsp3) is 0.182. The van der Waals surface area contributed by atoms with Crippen LogP contribution in [0.15, 0.2) is 42.5 Å². The van der Waals surface area contributed by atoms with Crippen LogP contribution in [0.5, 0.6) is 11.5 Å². The molecule has 0 aliphatic heterocycles. The molecule has 31 heavy (non-hydrogen) atoms. The minimum absolute atomic E-state index is 0.192. The van der Waals surface area contributed by atoms with Crippen LogP contribution in [-0.2, 0) is 0 Å². The monoisotopic (exact) mass is 419 g/mol. The molecule has 0 saturated heterocycles. The molecule has 9 nitrogen and oxygen atoms in total. The fourth-order valence-corrected chi connectivity index (χ4v) is 3.62. The Bertz CT molecular complexity index is 1270. The molecule has 0 bridgehead atoms. The summed E-state index contributed by atoms with van der Waals surface area (Å²) in [5.41, 5.74) is 21.8. The summed E-state index contributed by atoms with van der Waals surface area (Å²) in [4.78, 5) is 0. The number of nitrogens with zero attached hydrogens (tertiary/aromatic N) is 3. The first-order chi connectivity index (χ1) is 14.9. The molecular formula is C22H25N7O2. The molecule has 0 saturated carbocycles. The number of hydrogen-bond acceptors (Lipinski definition) is 8. The number of fused-ring (bicyclic) bond motifs is 1. The van der Waals surface area contributed by atoms with Gasteiger partial charge in [0.05, 0.1) is 30.2 Å². The first-order valence-corrected chi connectivity index (χ1v) is 9.81. The van der Waals surface area contributed by atoms with Gasteiger partial charge in [0, 0.05) is 11.8 Å². The van der Waals surface area contributed by atoms with Gasteiger partial charge in [0.1, 0.15) is 23.1 Å². The number of rotatable bonds is 6. The molecule has 2 heterocycles. The van der Waals surface area contributed by atoms with Crippen molar-refractivity contribution in [2.24, 2.45) is 0 Å². The zero-order chi connectivity index (χ0) is 22.1. The predicted molar refractivity (Wildman–Crippen MR) is 124 cm³/mol. The molecule has 9 heteroatoms. The van der Waals surface area contributed by atoms with Crippen LogP contribution < -0.4 is 32.0 Å². The quantitative estimate of drug-likeness (QED) is 0.371. The number of benzene rings is 2. The van der Waals surface area contributed by atoms with Crippen molar-refractivity contribution >= 4 is 39.7 Å². The van der Waals surface area contributed by atoms with Crippen LogP contribution in [0, 0.1) is 6.92 Å². The van der Waals surface area contributed by atoms with Gasteiger partial charge in [0.15, 0.2) is 11.6 Å². The molecule has 0 amide bonds. The summed E-state index contributed by atoms with van der Waals surface area (Å²) in [7, 11) is 1.58. The third-order valence-electron chi connectivity index (χ3n) is 4.98. The number of nitrogens with one attached hydrogen (secondary N) is 1. The lowest BCUT2D eigenvalue weighted by atomic mass is 10.2. The van der Waals surface area contributed by atoms with Crippen molar-refractivity contribution in [3.05, 3.63) is 48.0 Å². The van der Waals surface area contributed by atoms with Crippen molar-refractivity contribution in [3.63, 3.8) is 0 Å². The number of hydrogen-bond donors (Lipinski definition) is 4. The van der Waals surface area contributed by atoms with E-state index in [4.69, 9.17) is 26.7 Å². The molecule has 160 valence electrons. The van der Waals surface area contributed by atoms with Crippen molar-refractivity contribution in [2.75, 3.05) is 36.2 Å². The van der Waals surface area contributed by atoms with Crippen molar-refractivity contribution < 1.29 is 9.47 Å². The van der Waals surface area contributed by atoms with E-state index in [1.807, 2.05) is 50.2 Å². The lowest BCUT2D eigenvalue weighted by molar-refractivity contribution is 0.336. The normalized spacial score (nSPS) is 10.9. The van der Waals surface area contributed by atoms with Gasteiger partial charge in [0.2, 0.25) is 0 Å². The molecular weight excluding hydrogens is 394 g/mol. The fourth-order valence-electron chi connectivity index (χ4n) is 3.62. The van der Waals surface area contributed by atoms with E-state index in [0.717, 1.165) is 11.3 Å². The third-order valence-corrected chi connectivity index (χ3v) is 4.98. The zero-order valence-corrected chi connectivity index (χ0v) is 17.6. The number of aromatic nitrogens is 3. The molecule has 0 spiro atoms. The highest BCUT2D eigenvalue weighted by atomic mass is 16.5. The molecule has 2 aromatic carbocycles. The SMILES string of the molecule is CCOc1ccc(-n2c(N)c3c(N)nnc(Nc4cccc(C)c4)c3c2N)c(OC)c1. The maximum Gasteiger partial charge on any atom is 0.164 e. The average Bonchev–Trinajstić information content (AvgIpc) is 3.02. The van der Waals surface area contributed by atoms with Gasteiger partial charge < -0.3 is 32.0 Å². The van der Waals surface area contributed by atoms with Gasteiger partial charge in [-0.25, -0.2) is 0 Å². The van der Waals surface area contributed by atoms with Crippen molar-refractivity contribution in [1.29, 1.82) is 0 Å². The first kappa shape index (κ1) is 20.1. The Morgan fingerprint density at radius 1 is 1.00 bits per heavy atom. The first-order valence-electron chi connectivity index (χ1n) is 9.81. The number of anilines is 5. The molecule has 4 rings (SSSR count). The molecule has 0 aliphatic rings. The minimum atomic E-state index is 0.192. The highest BCUT2D eigenvalue weighted by Gasteiger charge is 2.23. The molecule has 0 aliphatic carbocycles.